The molecule has 0 saturated heterocycles. The summed E-state index contributed by atoms with van der Waals surface area (Å²) in [7, 11) is 0. The molecule has 20 heavy (non-hydrogen) atoms. The molecule has 0 spiro atoms. The normalized spacial score (nSPS) is 8.50. The van der Waals surface area contributed by atoms with Gasteiger partial charge >= 0.3 is 0 Å². The van der Waals surface area contributed by atoms with Crippen LogP contribution in [0, 0.1) is 12.3 Å². The summed E-state index contributed by atoms with van der Waals surface area (Å²) in [5.41, 5.74) is 0. The van der Waals surface area contributed by atoms with Gasteiger partial charge in [-0.1, -0.05) is 51.9 Å². The second-order valence-corrected chi connectivity index (χ2v) is 5.27. The average molecular weight is 419 g/mol. The van der Waals surface area contributed by atoms with E-state index in [1.54, 1.807) is 0 Å². The Kier molecular flexibility index (Phi) is 47.3. The molecule has 0 aliphatic carbocycles. The summed E-state index contributed by atoms with van der Waals surface area (Å²) in [4.78, 5) is 0. The number of unbranched alkanes of at least 4 members (excludes halogenated alkanes) is 9. The minimum absolute atomic E-state index is 0. The molecule has 0 saturated carbocycles. The van der Waals surface area contributed by atoms with Crippen molar-refractivity contribution in [1.82, 2.24) is 0 Å². The Morgan fingerprint density at radius 3 is 1.60 bits per heavy atom. The predicted octanol–water partition coefficient (Wildman–Crippen LogP) is 6.64. The molecule has 0 aromatic carbocycles. The summed E-state index contributed by atoms with van der Waals surface area (Å²) >= 11 is 11.0. The largest absolute Gasteiger partial charge is 0.127 e. The molecule has 0 rings (SSSR count). The van der Waals surface area contributed by atoms with Crippen LogP contribution in [0.2, 0.25) is 0 Å². The van der Waals surface area contributed by atoms with Gasteiger partial charge in [0.2, 0.25) is 0 Å². The molecule has 0 radical (unpaired) electrons. The van der Waals surface area contributed by atoms with Gasteiger partial charge in [-0.3, -0.25) is 0 Å². The fourth-order valence-corrected chi connectivity index (χ4v) is 1.93. The van der Waals surface area contributed by atoms with E-state index in [4.69, 9.17) is 29.6 Å². The van der Waals surface area contributed by atoms with Crippen LogP contribution in [0.4, 0.5) is 0 Å². The summed E-state index contributed by atoms with van der Waals surface area (Å²) in [6.07, 6.45) is 18.8. The van der Waals surface area contributed by atoms with E-state index in [1.165, 1.54) is 51.4 Å². The van der Waals surface area contributed by atoms with Crippen LogP contribution < -0.4 is 0 Å². The van der Waals surface area contributed by atoms with Crippen LogP contribution in [0.5, 0.6) is 0 Å². The molecule has 0 fully saturated rings. The van der Waals surface area contributed by atoms with Crippen LogP contribution >= 0.6 is 23.2 Å². The second-order valence-electron chi connectivity index (χ2n) is 4.51. The SMILES string of the molecule is C#CCCCCCCCl.CCCCCCCCCl.[HH].[Ni].[Zn]. The molecule has 0 N–H and O–H groups in total. The van der Waals surface area contributed by atoms with E-state index < -0.39 is 0 Å². The third kappa shape index (κ3) is 36.5. The maximum absolute atomic E-state index is 5.51. The zero-order chi connectivity index (χ0) is 13.9. The molecule has 0 bridgehead atoms. The number of alkyl halides is 2. The molecule has 4 heteroatoms. The molecular formula is C16H32Cl2NiZn. The third-order valence-electron chi connectivity index (χ3n) is 2.69. The molecule has 0 nitrogen and oxygen atoms in total. The summed E-state index contributed by atoms with van der Waals surface area (Å²) < 4.78 is 0. The molecule has 0 aromatic rings. The van der Waals surface area contributed by atoms with Gasteiger partial charge in [0, 0.05) is 55.6 Å². The predicted molar refractivity (Wildman–Crippen MR) is 88.8 cm³/mol. The van der Waals surface area contributed by atoms with Crippen molar-refractivity contribution in [1.29, 1.82) is 0 Å². The molecule has 122 valence electrons. The Labute approximate surface area is 161 Å². The van der Waals surface area contributed by atoms with Crippen molar-refractivity contribution >= 4 is 23.2 Å². The van der Waals surface area contributed by atoms with E-state index in [0.717, 1.165) is 31.0 Å². The summed E-state index contributed by atoms with van der Waals surface area (Å²) in [6, 6.07) is 0. The van der Waals surface area contributed by atoms with Gasteiger partial charge in [-0.05, 0) is 19.3 Å². The zero-order valence-electron chi connectivity index (χ0n) is 13.0. The van der Waals surface area contributed by atoms with Crippen molar-refractivity contribution < 1.29 is 37.4 Å². The first-order valence-electron chi connectivity index (χ1n) is 7.38. The Morgan fingerprint density at radius 2 is 1.20 bits per heavy atom. The van der Waals surface area contributed by atoms with Gasteiger partial charge in [0.1, 0.15) is 0 Å². The van der Waals surface area contributed by atoms with Crippen LogP contribution in [0.25, 0.3) is 0 Å². The Hall–Kier alpha value is 1.26. The van der Waals surface area contributed by atoms with E-state index in [-0.39, 0.29) is 37.4 Å². The second kappa shape index (κ2) is 32.3. The summed E-state index contributed by atoms with van der Waals surface area (Å²) in [5, 5.41) is 0. The Bertz CT molecular complexity index is 172. The first-order chi connectivity index (χ1) is 8.83. The molecule has 0 aliphatic rings. The first-order valence-corrected chi connectivity index (χ1v) is 8.45. The number of hydrogen-bond acceptors (Lipinski definition) is 0. The van der Waals surface area contributed by atoms with Gasteiger partial charge in [-0.15, -0.1) is 35.5 Å². The van der Waals surface area contributed by atoms with E-state index in [2.05, 4.69) is 12.8 Å². The van der Waals surface area contributed by atoms with Crippen molar-refractivity contribution in [3.63, 3.8) is 0 Å². The van der Waals surface area contributed by atoms with Crippen LogP contribution in [-0.4, -0.2) is 11.8 Å². The average Bonchev–Trinajstić information content (AvgIpc) is 2.39. The van der Waals surface area contributed by atoms with Crippen molar-refractivity contribution in [2.75, 3.05) is 11.8 Å². The van der Waals surface area contributed by atoms with Gasteiger partial charge < -0.3 is 0 Å². The number of terminal acetylenes is 1. The number of halogens is 2. The maximum Gasteiger partial charge on any atom is 0.0223 e. The molecule has 0 aromatic heterocycles. The monoisotopic (exact) mass is 416 g/mol. The number of hydrogen-bond donors (Lipinski definition) is 0. The fourth-order valence-electron chi connectivity index (χ4n) is 1.55. The van der Waals surface area contributed by atoms with Crippen molar-refractivity contribution in [3.8, 4) is 12.3 Å². The van der Waals surface area contributed by atoms with E-state index >= 15 is 0 Å². The van der Waals surface area contributed by atoms with Gasteiger partial charge in [-0.2, -0.15) is 0 Å². The van der Waals surface area contributed by atoms with Crippen LogP contribution in [-0.2, 0) is 36.0 Å². The fraction of sp³-hybridized carbons (Fsp3) is 0.875. The van der Waals surface area contributed by atoms with Gasteiger partial charge in [0.25, 0.3) is 0 Å². The minimum atomic E-state index is 0. The van der Waals surface area contributed by atoms with Gasteiger partial charge in [0.05, 0.1) is 0 Å². The molecular weight excluding hydrogens is 387 g/mol. The topological polar surface area (TPSA) is 0 Å². The Balaban J connectivity index is -0.0000000711. The third-order valence-corrected chi connectivity index (χ3v) is 3.23. The molecule has 0 aliphatic heterocycles. The van der Waals surface area contributed by atoms with Crippen LogP contribution in [0.3, 0.4) is 0 Å². The van der Waals surface area contributed by atoms with Gasteiger partial charge in [-0.25, -0.2) is 0 Å². The first kappa shape index (κ1) is 29.3. The standard InChI is InChI=1S/C8H17Cl.C8H13Cl.Ni.Zn.H2/c2*1-2-3-4-5-6-7-8-9;;;/h2-8H2,1H3;1H,3-8H2;;;1H. The van der Waals surface area contributed by atoms with Crippen molar-refractivity contribution in [2.45, 2.75) is 77.6 Å². The van der Waals surface area contributed by atoms with Crippen LogP contribution in [0.1, 0.15) is 79.0 Å². The molecule has 0 heterocycles. The summed E-state index contributed by atoms with van der Waals surface area (Å²) in [5.74, 6) is 4.24. The summed E-state index contributed by atoms with van der Waals surface area (Å²) in [6.45, 7) is 2.24. The van der Waals surface area contributed by atoms with Crippen LogP contribution in [0.15, 0.2) is 0 Å². The van der Waals surface area contributed by atoms with Gasteiger partial charge in [0.15, 0.2) is 0 Å². The van der Waals surface area contributed by atoms with Crippen molar-refractivity contribution in [2.24, 2.45) is 0 Å². The molecule has 0 atom stereocenters. The van der Waals surface area contributed by atoms with E-state index in [0.29, 0.717) is 0 Å². The quantitative estimate of drug-likeness (QED) is 0.153. The van der Waals surface area contributed by atoms with Crippen molar-refractivity contribution in [3.05, 3.63) is 0 Å². The Morgan fingerprint density at radius 1 is 0.800 bits per heavy atom. The zero-order valence-corrected chi connectivity index (χ0v) is 18.5. The minimum Gasteiger partial charge on any atom is -0.127 e. The van der Waals surface area contributed by atoms with E-state index in [1.807, 2.05) is 0 Å². The molecule has 0 unspecified atom stereocenters. The smallest absolute Gasteiger partial charge is 0.0223 e. The number of rotatable bonds is 11. The molecule has 0 amide bonds. The van der Waals surface area contributed by atoms with E-state index in [9.17, 15) is 0 Å². The maximum atomic E-state index is 5.51.